The number of nitrogens with zero attached hydrogens (tertiary/aromatic N) is 5. The molecule has 2 fully saturated rings. The van der Waals surface area contributed by atoms with Gasteiger partial charge in [-0.05, 0) is 54.5 Å². The Morgan fingerprint density at radius 2 is 1.61 bits per heavy atom. The third-order valence-electron chi connectivity index (χ3n) is 6.10. The second kappa shape index (κ2) is 9.06. The van der Waals surface area contributed by atoms with Crippen molar-refractivity contribution in [3.05, 3.63) is 59.6 Å². The molecule has 0 atom stereocenters. The third-order valence-corrected chi connectivity index (χ3v) is 7.01. The van der Waals surface area contributed by atoms with E-state index in [0.717, 1.165) is 49.1 Å². The number of thiophene rings is 1. The molecule has 0 unspecified atom stereocenters. The van der Waals surface area contributed by atoms with Crippen LogP contribution in [-0.4, -0.2) is 60.0 Å². The van der Waals surface area contributed by atoms with E-state index in [4.69, 9.17) is 4.98 Å². The fourth-order valence-corrected chi connectivity index (χ4v) is 5.04. The smallest absolute Gasteiger partial charge is 0.253 e. The summed E-state index contributed by atoms with van der Waals surface area (Å²) in [5.74, 6) is 1.90. The minimum absolute atomic E-state index is 0.106. The monoisotopic (exact) mass is 433 g/mol. The highest BCUT2D eigenvalue weighted by Crippen LogP contribution is 2.25. The molecule has 160 valence electrons. The molecule has 0 aliphatic carbocycles. The van der Waals surface area contributed by atoms with Crippen LogP contribution in [0.3, 0.4) is 0 Å². The van der Waals surface area contributed by atoms with Gasteiger partial charge in [0.25, 0.3) is 5.91 Å². The van der Waals surface area contributed by atoms with E-state index in [1.54, 1.807) is 11.3 Å². The van der Waals surface area contributed by atoms with Crippen molar-refractivity contribution in [2.24, 2.45) is 0 Å². The van der Waals surface area contributed by atoms with Crippen LogP contribution in [0.5, 0.6) is 0 Å². The van der Waals surface area contributed by atoms with Crippen LogP contribution in [0.25, 0.3) is 10.4 Å². The van der Waals surface area contributed by atoms with Gasteiger partial charge in [-0.2, -0.15) is 4.98 Å². The minimum Gasteiger partial charge on any atom is -0.353 e. The molecule has 4 heterocycles. The molecule has 31 heavy (non-hydrogen) atoms. The average Bonchev–Trinajstić information content (AvgIpc) is 3.40. The number of anilines is 2. The second-order valence-electron chi connectivity index (χ2n) is 8.10. The van der Waals surface area contributed by atoms with E-state index in [0.29, 0.717) is 13.1 Å². The lowest BCUT2D eigenvalue weighted by Gasteiger charge is -2.36. The molecule has 1 amide bonds. The van der Waals surface area contributed by atoms with Crippen LogP contribution in [0, 0.1) is 0 Å². The number of hydrogen-bond acceptors (Lipinski definition) is 6. The Labute approximate surface area is 187 Å². The van der Waals surface area contributed by atoms with Gasteiger partial charge in [0.05, 0.1) is 0 Å². The normalized spacial score (nSPS) is 17.1. The highest BCUT2D eigenvalue weighted by Gasteiger charge is 2.24. The van der Waals surface area contributed by atoms with E-state index < -0.39 is 0 Å². The first-order chi connectivity index (χ1) is 15.3. The number of amides is 1. The van der Waals surface area contributed by atoms with Gasteiger partial charge in [-0.1, -0.05) is 18.2 Å². The molecule has 0 bridgehead atoms. The van der Waals surface area contributed by atoms with Crippen molar-refractivity contribution in [1.29, 1.82) is 0 Å². The van der Waals surface area contributed by atoms with Crippen LogP contribution in [0.4, 0.5) is 11.8 Å². The summed E-state index contributed by atoms with van der Waals surface area (Å²) < 4.78 is 0. The first-order valence-corrected chi connectivity index (χ1v) is 11.9. The zero-order chi connectivity index (χ0) is 21.0. The summed E-state index contributed by atoms with van der Waals surface area (Å²) in [7, 11) is 0. The van der Waals surface area contributed by atoms with Crippen LogP contribution in [0.2, 0.25) is 0 Å². The maximum absolute atomic E-state index is 13.0. The number of carbonyl (C=O) groups excluding carboxylic acids is 1. The molecular weight excluding hydrogens is 406 g/mol. The van der Waals surface area contributed by atoms with Gasteiger partial charge < -0.3 is 14.7 Å². The number of rotatable bonds is 4. The lowest BCUT2D eigenvalue weighted by Crippen LogP contribution is -2.49. The largest absolute Gasteiger partial charge is 0.353 e. The number of aromatic nitrogens is 2. The van der Waals surface area contributed by atoms with Gasteiger partial charge in [0.1, 0.15) is 5.82 Å². The van der Waals surface area contributed by atoms with Crippen molar-refractivity contribution in [3.63, 3.8) is 0 Å². The quantitative estimate of drug-likeness (QED) is 0.618. The van der Waals surface area contributed by atoms with Gasteiger partial charge in [0.2, 0.25) is 5.95 Å². The number of benzene rings is 1. The van der Waals surface area contributed by atoms with Gasteiger partial charge in [-0.25, -0.2) is 4.98 Å². The number of piperidine rings is 1. The van der Waals surface area contributed by atoms with Crippen LogP contribution in [-0.2, 0) is 0 Å². The lowest BCUT2D eigenvalue weighted by atomic mass is 10.1. The highest BCUT2D eigenvalue weighted by atomic mass is 32.1. The predicted molar refractivity (Wildman–Crippen MR) is 126 cm³/mol. The Morgan fingerprint density at radius 1 is 0.839 bits per heavy atom. The molecule has 0 N–H and O–H groups in total. The predicted octanol–water partition coefficient (Wildman–Crippen LogP) is 4.16. The Hall–Kier alpha value is -2.93. The molecule has 2 aliphatic heterocycles. The molecule has 2 aliphatic rings. The third kappa shape index (κ3) is 4.42. The molecule has 1 aromatic carbocycles. The van der Waals surface area contributed by atoms with Crippen molar-refractivity contribution in [3.8, 4) is 10.4 Å². The van der Waals surface area contributed by atoms with E-state index in [2.05, 4.69) is 26.2 Å². The molecular formula is C24H27N5OS. The van der Waals surface area contributed by atoms with E-state index in [1.165, 1.54) is 24.1 Å². The summed E-state index contributed by atoms with van der Waals surface area (Å²) in [6, 6.07) is 14.1. The average molecular weight is 434 g/mol. The standard InChI is InChI=1S/C24H27N5OS/c30-23(20-8-6-19(7-9-20)21-5-4-18-31-21)28-16-14-27(15-17-28)22-10-11-25-24(26-22)29-12-2-1-3-13-29/h4-11,18H,1-3,12-17H2. The fourth-order valence-electron chi connectivity index (χ4n) is 4.30. The van der Waals surface area contributed by atoms with Crippen LogP contribution < -0.4 is 9.80 Å². The molecule has 7 heteroatoms. The molecule has 2 aromatic heterocycles. The summed E-state index contributed by atoms with van der Waals surface area (Å²) in [6.45, 7) is 5.06. The van der Waals surface area contributed by atoms with E-state index in [9.17, 15) is 4.79 Å². The van der Waals surface area contributed by atoms with Crippen molar-refractivity contribution in [2.45, 2.75) is 19.3 Å². The van der Waals surface area contributed by atoms with Crippen LogP contribution in [0.15, 0.2) is 54.0 Å². The second-order valence-corrected chi connectivity index (χ2v) is 9.04. The Morgan fingerprint density at radius 3 is 2.32 bits per heavy atom. The zero-order valence-corrected chi connectivity index (χ0v) is 18.4. The topological polar surface area (TPSA) is 52.6 Å². The summed E-state index contributed by atoms with van der Waals surface area (Å²) in [5, 5.41) is 2.07. The summed E-state index contributed by atoms with van der Waals surface area (Å²) >= 11 is 1.71. The van der Waals surface area contributed by atoms with E-state index >= 15 is 0 Å². The van der Waals surface area contributed by atoms with Crippen LogP contribution in [0.1, 0.15) is 29.6 Å². The molecule has 0 spiro atoms. The lowest BCUT2D eigenvalue weighted by molar-refractivity contribution is 0.0746. The maximum atomic E-state index is 13.0. The molecule has 2 saturated heterocycles. The Kier molecular flexibility index (Phi) is 5.84. The van der Waals surface area contributed by atoms with Crippen molar-refractivity contribution in [2.75, 3.05) is 49.1 Å². The minimum atomic E-state index is 0.106. The fraction of sp³-hybridized carbons (Fsp3) is 0.375. The van der Waals surface area contributed by atoms with Gasteiger partial charge in [-0.3, -0.25) is 4.79 Å². The molecule has 3 aromatic rings. The molecule has 5 rings (SSSR count). The summed E-state index contributed by atoms with van der Waals surface area (Å²) in [6.07, 6.45) is 5.58. The van der Waals surface area contributed by atoms with Gasteiger partial charge in [0, 0.05) is 55.9 Å². The van der Waals surface area contributed by atoms with Crippen LogP contribution >= 0.6 is 11.3 Å². The number of piperazine rings is 1. The van der Waals surface area contributed by atoms with E-state index in [1.807, 2.05) is 47.5 Å². The number of carbonyl (C=O) groups is 1. The Bertz CT molecular complexity index is 1010. The molecule has 0 radical (unpaired) electrons. The van der Waals surface area contributed by atoms with Crippen molar-refractivity contribution >= 4 is 29.0 Å². The zero-order valence-electron chi connectivity index (χ0n) is 17.6. The van der Waals surface area contributed by atoms with Crippen molar-refractivity contribution < 1.29 is 4.79 Å². The summed E-state index contributed by atoms with van der Waals surface area (Å²) in [4.78, 5) is 30.0. The first kappa shape index (κ1) is 20.0. The van der Waals surface area contributed by atoms with Gasteiger partial charge in [0.15, 0.2) is 0 Å². The van der Waals surface area contributed by atoms with Gasteiger partial charge >= 0.3 is 0 Å². The highest BCUT2D eigenvalue weighted by molar-refractivity contribution is 7.13. The maximum Gasteiger partial charge on any atom is 0.253 e. The van der Waals surface area contributed by atoms with Crippen molar-refractivity contribution in [1.82, 2.24) is 14.9 Å². The summed E-state index contributed by atoms with van der Waals surface area (Å²) in [5.41, 5.74) is 1.91. The SMILES string of the molecule is O=C(c1ccc(-c2cccs2)cc1)N1CCN(c2ccnc(N3CCCCC3)n2)CC1. The van der Waals surface area contributed by atoms with E-state index in [-0.39, 0.29) is 5.91 Å². The molecule has 6 nitrogen and oxygen atoms in total. The Balaban J connectivity index is 1.21. The first-order valence-electron chi connectivity index (χ1n) is 11.0. The molecule has 0 saturated carbocycles. The van der Waals surface area contributed by atoms with Gasteiger partial charge in [-0.15, -0.1) is 11.3 Å². The number of hydrogen-bond donors (Lipinski definition) is 0.